The van der Waals surface area contributed by atoms with Crippen molar-refractivity contribution in [3.05, 3.63) is 46.2 Å². The molecule has 26 heavy (non-hydrogen) atoms. The van der Waals surface area contributed by atoms with Crippen LogP contribution in [0.5, 0.6) is 0 Å². The molecule has 1 aromatic carbocycles. The zero-order valence-corrected chi connectivity index (χ0v) is 15.9. The molecule has 1 aromatic heterocycles. The predicted octanol–water partition coefficient (Wildman–Crippen LogP) is 2.49. The zero-order chi connectivity index (χ0) is 18.7. The minimum atomic E-state index is -3.73. The van der Waals surface area contributed by atoms with Gasteiger partial charge in [0.05, 0.1) is 22.1 Å². The molecule has 1 N–H and O–H groups in total. The van der Waals surface area contributed by atoms with Crippen molar-refractivity contribution in [2.75, 3.05) is 13.1 Å². The Balaban J connectivity index is 1.74. The number of piperidine rings is 1. The Hall–Kier alpha value is -1.84. The van der Waals surface area contributed by atoms with E-state index >= 15 is 0 Å². The van der Waals surface area contributed by atoms with Crippen LogP contribution in [0.15, 0.2) is 34.5 Å². The van der Waals surface area contributed by atoms with Crippen molar-refractivity contribution in [1.29, 1.82) is 0 Å². The van der Waals surface area contributed by atoms with E-state index in [4.69, 9.17) is 0 Å². The van der Waals surface area contributed by atoms with Crippen LogP contribution in [0.1, 0.15) is 36.4 Å². The number of carbonyl (C=O) groups excluding carboxylic acids is 1. The van der Waals surface area contributed by atoms with E-state index in [9.17, 15) is 17.6 Å². The number of halogens is 1. The Labute approximate surface area is 156 Å². The van der Waals surface area contributed by atoms with Gasteiger partial charge in [0.2, 0.25) is 15.9 Å². The van der Waals surface area contributed by atoms with Crippen molar-refractivity contribution in [3.63, 3.8) is 0 Å². The Morgan fingerprint density at radius 3 is 3.00 bits per heavy atom. The first-order valence-electron chi connectivity index (χ1n) is 8.30. The standard InChI is InChI=1S/C17H20FN3O3S2/c1-12(22)19-9-15-11-25-17(20-15)13-4-3-7-21(10-13)26(23,24)16-6-2-5-14(18)8-16/h2,5-6,8,11,13H,3-4,7,9-10H2,1H3,(H,19,22). The lowest BCUT2D eigenvalue weighted by Crippen LogP contribution is -2.39. The lowest BCUT2D eigenvalue weighted by atomic mass is 10.0. The Kier molecular flexibility index (Phi) is 5.69. The summed E-state index contributed by atoms with van der Waals surface area (Å²) in [4.78, 5) is 15.5. The number of nitrogens with zero attached hydrogens (tertiary/aromatic N) is 2. The molecule has 1 fully saturated rings. The number of thiazole rings is 1. The highest BCUT2D eigenvalue weighted by atomic mass is 32.2. The number of amides is 1. The van der Waals surface area contributed by atoms with E-state index < -0.39 is 15.8 Å². The number of benzene rings is 1. The first kappa shape index (κ1) is 18.9. The summed E-state index contributed by atoms with van der Waals surface area (Å²) < 4.78 is 40.4. The fourth-order valence-electron chi connectivity index (χ4n) is 2.95. The summed E-state index contributed by atoms with van der Waals surface area (Å²) in [5, 5.41) is 5.45. The van der Waals surface area contributed by atoms with Gasteiger partial charge < -0.3 is 5.32 Å². The van der Waals surface area contributed by atoms with Crippen molar-refractivity contribution in [3.8, 4) is 0 Å². The smallest absolute Gasteiger partial charge is 0.243 e. The molecule has 9 heteroatoms. The molecular formula is C17H20FN3O3S2. The van der Waals surface area contributed by atoms with Crippen LogP contribution in [0.3, 0.4) is 0 Å². The summed E-state index contributed by atoms with van der Waals surface area (Å²) in [6.07, 6.45) is 1.57. The van der Waals surface area contributed by atoms with Gasteiger partial charge in [-0.3, -0.25) is 4.79 Å². The van der Waals surface area contributed by atoms with Crippen molar-refractivity contribution in [2.24, 2.45) is 0 Å². The van der Waals surface area contributed by atoms with Crippen molar-refractivity contribution in [2.45, 2.75) is 37.1 Å². The first-order valence-corrected chi connectivity index (χ1v) is 10.6. The van der Waals surface area contributed by atoms with Gasteiger partial charge in [0, 0.05) is 31.3 Å². The maximum absolute atomic E-state index is 13.4. The SMILES string of the molecule is CC(=O)NCc1csc(C2CCCN(S(=O)(=O)c3cccc(F)c3)C2)n1. The number of rotatable bonds is 5. The van der Waals surface area contributed by atoms with Crippen LogP contribution in [0.4, 0.5) is 4.39 Å². The van der Waals surface area contributed by atoms with Crippen LogP contribution >= 0.6 is 11.3 Å². The summed E-state index contributed by atoms with van der Waals surface area (Å²) in [6, 6.07) is 5.09. The summed E-state index contributed by atoms with van der Waals surface area (Å²) in [5.41, 5.74) is 0.769. The molecule has 0 spiro atoms. The van der Waals surface area contributed by atoms with E-state index in [2.05, 4.69) is 10.3 Å². The Bertz CT molecular complexity index is 898. The fourth-order valence-corrected chi connectivity index (χ4v) is 5.45. The van der Waals surface area contributed by atoms with Gasteiger partial charge in [-0.25, -0.2) is 17.8 Å². The molecule has 6 nitrogen and oxygen atoms in total. The number of aromatic nitrogens is 1. The molecule has 2 heterocycles. The molecule has 0 aliphatic carbocycles. The number of hydrogen-bond donors (Lipinski definition) is 1. The minimum absolute atomic E-state index is 0.00293. The van der Waals surface area contributed by atoms with Gasteiger partial charge in [0.25, 0.3) is 0 Å². The van der Waals surface area contributed by atoms with Gasteiger partial charge in [-0.1, -0.05) is 6.07 Å². The second kappa shape index (κ2) is 7.81. The van der Waals surface area contributed by atoms with Crippen molar-refractivity contribution >= 4 is 27.3 Å². The summed E-state index contributed by atoms with van der Waals surface area (Å²) in [7, 11) is -3.73. The maximum Gasteiger partial charge on any atom is 0.243 e. The highest BCUT2D eigenvalue weighted by Crippen LogP contribution is 2.32. The highest BCUT2D eigenvalue weighted by Gasteiger charge is 2.32. The lowest BCUT2D eigenvalue weighted by molar-refractivity contribution is -0.119. The number of nitrogens with one attached hydrogen (secondary N) is 1. The second-order valence-corrected chi connectivity index (χ2v) is 9.07. The van der Waals surface area contributed by atoms with Crippen LogP contribution < -0.4 is 5.32 Å². The van der Waals surface area contributed by atoms with Gasteiger partial charge in [0.1, 0.15) is 5.82 Å². The van der Waals surface area contributed by atoms with E-state index in [1.807, 2.05) is 5.38 Å². The van der Waals surface area contributed by atoms with E-state index in [-0.39, 0.29) is 16.7 Å². The van der Waals surface area contributed by atoms with Crippen LogP contribution in [0.25, 0.3) is 0 Å². The molecule has 2 aromatic rings. The van der Waals surface area contributed by atoms with Gasteiger partial charge >= 0.3 is 0 Å². The monoisotopic (exact) mass is 397 g/mol. The van der Waals surface area contributed by atoms with Gasteiger partial charge in [-0.15, -0.1) is 11.3 Å². The molecule has 0 bridgehead atoms. The van der Waals surface area contributed by atoms with Gasteiger partial charge in [-0.2, -0.15) is 4.31 Å². The average Bonchev–Trinajstić information content (AvgIpc) is 3.09. The third-order valence-corrected chi connectivity index (χ3v) is 7.17. The molecule has 0 saturated carbocycles. The molecule has 0 radical (unpaired) electrons. The molecule has 140 valence electrons. The third-order valence-electron chi connectivity index (χ3n) is 4.26. The molecular weight excluding hydrogens is 377 g/mol. The largest absolute Gasteiger partial charge is 0.351 e. The number of hydrogen-bond acceptors (Lipinski definition) is 5. The predicted molar refractivity (Wildman–Crippen MR) is 96.8 cm³/mol. The third kappa shape index (κ3) is 4.28. The van der Waals surface area contributed by atoms with Crippen LogP contribution in [0.2, 0.25) is 0 Å². The normalized spacial score (nSPS) is 18.6. The Morgan fingerprint density at radius 2 is 2.27 bits per heavy atom. The zero-order valence-electron chi connectivity index (χ0n) is 14.3. The number of sulfonamides is 1. The average molecular weight is 397 g/mol. The quantitative estimate of drug-likeness (QED) is 0.841. The fraction of sp³-hybridized carbons (Fsp3) is 0.412. The topological polar surface area (TPSA) is 79.4 Å². The first-order chi connectivity index (χ1) is 12.4. The summed E-state index contributed by atoms with van der Waals surface area (Å²) in [6.45, 7) is 2.55. The van der Waals surface area contributed by atoms with Crippen molar-refractivity contribution < 1.29 is 17.6 Å². The van der Waals surface area contributed by atoms with Crippen LogP contribution in [-0.2, 0) is 21.4 Å². The highest BCUT2D eigenvalue weighted by molar-refractivity contribution is 7.89. The van der Waals surface area contributed by atoms with Gasteiger partial charge in [-0.05, 0) is 31.0 Å². The van der Waals surface area contributed by atoms with Crippen LogP contribution in [0, 0.1) is 5.82 Å². The molecule has 1 aliphatic heterocycles. The van der Waals surface area contributed by atoms with E-state index in [0.717, 1.165) is 29.6 Å². The van der Waals surface area contributed by atoms with E-state index in [0.29, 0.717) is 19.6 Å². The number of carbonyl (C=O) groups is 1. The van der Waals surface area contributed by atoms with E-state index in [1.54, 1.807) is 0 Å². The molecule has 1 saturated heterocycles. The van der Waals surface area contributed by atoms with Gasteiger partial charge in [0.15, 0.2) is 0 Å². The summed E-state index contributed by atoms with van der Waals surface area (Å²) in [5.74, 6) is -0.685. The summed E-state index contributed by atoms with van der Waals surface area (Å²) >= 11 is 1.47. The van der Waals surface area contributed by atoms with Crippen molar-refractivity contribution in [1.82, 2.24) is 14.6 Å². The molecule has 1 unspecified atom stereocenters. The molecule has 1 amide bonds. The molecule has 3 rings (SSSR count). The minimum Gasteiger partial charge on any atom is -0.351 e. The molecule has 1 atom stereocenters. The second-order valence-electron chi connectivity index (χ2n) is 6.25. The maximum atomic E-state index is 13.4. The molecule has 1 aliphatic rings. The van der Waals surface area contributed by atoms with Crippen LogP contribution in [-0.4, -0.2) is 36.7 Å². The Morgan fingerprint density at radius 1 is 1.46 bits per heavy atom. The van der Waals surface area contributed by atoms with E-state index in [1.165, 1.54) is 40.8 Å². The lowest BCUT2D eigenvalue weighted by Gasteiger charge is -2.31.